The lowest BCUT2D eigenvalue weighted by Gasteiger charge is -2.27. The van der Waals surface area contributed by atoms with E-state index in [4.69, 9.17) is 4.98 Å². The summed E-state index contributed by atoms with van der Waals surface area (Å²) >= 11 is 0. The van der Waals surface area contributed by atoms with E-state index in [-0.39, 0.29) is 5.91 Å². The molecule has 59 heavy (non-hydrogen) atoms. The van der Waals surface area contributed by atoms with E-state index < -0.39 is 6.23 Å². The monoisotopic (exact) mass is 759 g/mol. The molecule has 1 atom stereocenters. The molecule has 11 aromatic rings. The van der Waals surface area contributed by atoms with Crippen LogP contribution in [0, 0.1) is 0 Å². The first-order valence-corrected chi connectivity index (χ1v) is 19.7. The van der Waals surface area contributed by atoms with Gasteiger partial charge in [-0.2, -0.15) is 0 Å². The lowest BCUT2D eigenvalue weighted by atomic mass is 9.92. The van der Waals surface area contributed by atoms with Crippen LogP contribution >= 0.6 is 0 Å². The van der Waals surface area contributed by atoms with E-state index >= 15 is 4.79 Å². The van der Waals surface area contributed by atoms with Gasteiger partial charge in [-0.15, -0.1) is 0 Å². The molecule has 0 fully saturated rings. The van der Waals surface area contributed by atoms with E-state index in [1.807, 2.05) is 97.1 Å². The molecule has 5 heterocycles. The Kier molecular flexibility index (Phi) is 7.24. The Hall–Kier alpha value is -7.87. The highest BCUT2D eigenvalue weighted by Gasteiger charge is 2.37. The number of anilines is 1. The number of pyridine rings is 2. The van der Waals surface area contributed by atoms with Gasteiger partial charge in [0.2, 0.25) is 0 Å². The molecule has 12 rings (SSSR count). The van der Waals surface area contributed by atoms with Crippen LogP contribution in [0.4, 0.5) is 5.69 Å². The summed E-state index contributed by atoms with van der Waals surface area (Å²) in [6, 6.07) is 59.3. The molecule has 4 aromatic heterocycles. The highest BCUT2D eigenvalue weighted by atomic mass is 16.3. The molecule has 1 N–H and O–H groups in total. The van der Waals surface area contributed by atoms with Crippen LogP contribution in [0.2, 0.25) is 0 Å². The minimum Gasteiger partial charge on any atom is -0.369 e. The quantitative estimate of drug-likeness (QED) is 0.194. The predicted molar refractivity (Wildman–Crippen MR) is 237 cm³/mol. The summed E-state index contributed by atoms with van der Waals surface area (Å²) in [5, 5.41) is 17.6. The van der Waals surface area contributed by atoms with Crippen LogP contribution in [0.15, 0.2) is 188 Å². The van der Waals surface area contributed by atoms with Gasteiger partial charge in [-0.1, -0.05) is 103 Å². The highest BCUT2D eigenvalue weighted by molar-refractivity contribution is 6.26. The summed E-state index contributed by atoms with van der Waals surface area (Å²) in [7, 11) is 0. The molecule has 278 valence electrons. The van der Waals surface area contributed by atoms with Crippen LogP contribution < -0.4 is 4.90 Å². The predicted octanol–water partition coefficient (Wildman–Crippen LogP) is 11.8. The van der Waals surface area contributed by atoms with Crippen molar-refractivity contribution in [2.45, 2.75) is 6.23 Å². The van der Waals surface area contributed by atoms with Gasteiger partial charge in [0.05, 0.1) is 50.7 Å². The van der Waals surface area contributed by atoms with Crippen LogP contribution in [0.3, 0.4) is 0 Å². The summed E-state index contributed by atoms with van der Waals surface area (Å²) in [5.41, 5.74) is 11.6. The molecule has 1 aliphatic heterocycles. The number of carbonyl (C=O) groups is 1. The highest BCUT2D eigenvalue weighted by Crippen LogP contribution is 2.47. The third-order valence-corrected chi connectivity index (χ3v) is 11.9. The number of benzene rings is 7. The number of amides is 1. The maximum atomic E-state index is 15.7. The van der Waals surface area contributed by atoms with Crippen molar-refractivity contribution in [2.75, 3.05) is 4.90 Å². The van der Waals surface area contributed by atoms with E-state index in [1.54, 1.807) is 12.4 Å². The summed E-state index contributed by atoms with van der Waals surface area (Å²) in [4.78, 5) is 26.8. The number of nitrogens with zero attached hydrogens (tertiary/aromatic N) is 5. The molecule has 1 aliphatic rings. The Bertz CT molecular complexity index is 3480. The molecular weight excluding hydrogens is 727 g/mol. The van der Waals surface area contributed by atoms with Crippen molar-refractivity contribution >= 4 is 66.1 Å². The van der Waals surface area contributed by atoms with Crippen molar-refractivity contribution in [3.05, 3.63) is 199 Å². The van der Waals surface area contributed by atoms with Gasteiger partial charge in [-0.3, -0.25) is 19.7 Å². The zero-order chi connectivity index (χ0) is 39.2. The second-order valence-electron chi connectivity index (χ2n) is 15.0. The Morgan fingerprint density at radius 3 is 1.92 bits per heavy atom. The number of aromatic nitrogens is 4. The van der Waals surface area contributed by atoms with Gasteiger partial charge >= 0.3 is 0 Å². The van der Waals surface area contributed by atoms with Gasteiger partial charge < -0.3 is 14.2 Å². The van der Waals surface area contributed by atoms with E-state index in [0.717, 1.165) is 88.3 Å². The minimum atomic E-state index is -1.34. The van der Waals surface area contributed by atoms with Crippen LogP contribution in [0.1, 0.15) is 22.1 Å². The molecule has 7 heteroatoms. The molecule has 0 bridgehead atoms. The van der Waals surface area contributed by atoms with E-state index in [9.17, 15) is 5.11 Å². The van der Waals surface area contributed by atoms with E-state index in [2.05, 4.69) is 93.0 Å². The third kappa shape index (κ3) is 4.89. The van der Waals surface area contributed by atoms with Crippen molar-refractivity contribution in [1.29, 1.82) is 0 Å². The zero-order valence-electron chi connectivity index (χ0n) is 31.6. The number of para-hydroxylation sites is 5. The van der Waals surface area contributed by atoms with Gasteiger partial charge in [0.25, 0.3) is 5.91 Å². The van der Waals surface area contributed by atoms with Gasteiger partial charge in [0, 0.05) is 55.6 Å². The van der Waals surface area contributed by atoms with E-state index in [0.29, 0.717) is 16.8 Å². The lowest BCUT2D eigenvalue weighted by Crippen LogP contribution is -2.34. The second-order valence-corrected chi connectivity index (χ2v) is 15.0. The standard InChI is InChI=1S/C52H33N5O2/c58-51-42-29-41-36-19-7-9-22-44(36)56(34-17-5-2-6-18-34)47(41)30-40(42)37-25-27-46-48(39-20-8-10-23-45(39)55(46)33-15-3-1-4-16-33)49(37)52(59)57(51)35-24-26-43(54-31-35)38-21-11-13-32-14-12-28-53-50(32)38/h1-31,51,58H. The number of aliphatic hydroxyl groups excluding tert-OH is 1. The van der Waals surface area contributed by atoms with Crippen molar-refractivity contribution in [2.24, 2.45) is 0 Å². The first-order valence-electron chi connectivity index (χ1n) is 19.7. The molecular formula is C52H33N5O2. The Balaban J connectivity index is 1.16. The number of carbonyl (C=O) groups excluding carboxylic acids is 1. The Morgan fingerprint density at radius 2 is 1.17 bits per heavy atom. The average Bonchev–Trinajstić information content (AvgIpc) is 3.78. The molecule has 0 spiro atoms. The normalized spacial score (nSPS) is 14.0. The second kappa shape index (κ2) is 12.8. The van der Waals surface area contributed by atoms with E-state index in [1.165, 1.54) is 4.90 Å². The number of fused-ring (bicyclic) bond motifs is 11. The van der Waals surface area contributed by atoms with Gasteiger partial charge in [-0.05, 0) is 83.9 Å². The Morgan fingerprint density at radius 1 is 0.492 bits per heavy atom. The third-order valence-electron chi connectivity index (χ3n) is 11.9. The smallest absolute Gasteiger partial charge is 0.262 e. The SMILES string of the molecule is O=C1c2c(ccc3c2c2ccccc2n3-c2ccccc2)-c2cc3c(cc2C(O)N1c1ccc(-c2cccc4cccnc24)nc1)c1ccccc1n3-c1ccccc1. The summed E-state index contributed by atoms with van der Waals surface area (Å²) in [5.74, 6) is -0.313. The molecule has 0 radical (unpaired) electrons. The van der Waals surface area contributed by atoms with Crippen LogP contribution in [0.25, 0.3) is 88.3 Å². The molecule has 7 nitrogen and oxygen atoms in total. The molecule has 1 amide bonds. The largest absolute Gasteiger partial charge is 0.369 e. The molecule has 0 saturated carbocycles. The number of hydrogen-bond acceptors (Lipinski definition) is 4. The van der Waals surface area contributed by atoms with Crippen molar-refractivity contribution in [1.82, 2.24) is 19.1 Å². The first-order chi connectivity index (χ1) is 29.1. The van der Waals surface area contributed by atoms with Crippen LogP contribution in [0.5, 0.6) is 0 Å². The van der Waals surface area contributed by atoms with Crippen molar-refractivity contribution in [3.8, 4) is 33.8 Å². The topological polar surface area (TPSA) is 76.2 Å². The first kappa shape index (κ1) is 33.3. The van der Waals surface area contributed by atoms with Gasteiger partial charge in [0.1, 0.15) is 0 Å². The van der Waals surface area contributed by atoms with Crippen molar-refractivity contribution < 1.29 is 9.90 Å². The molecule has 1 unspecified atom stereocenters. The minimum absolute atomic E-state index is 0.313. The van der Waals surface area contributed by atoms with Gasteiger partial charge in [0.15, 0.2) is 6.23 Å². The average molecular weight is 760 g/mol. The van der Waals surface area contributed by atoms with Gasteiger partial charge in [-0.25, -0.2) is 0 Å². The molecule has 0 saturated heterocycles. The number of hydrogen-bond donors (Lipinski definition) is 1. The zero-order valence-corrected chi connectivity index (χ0v) is 31.6. The maximum Gasteiger partial charge on any atom is 0.262 e. The van der Waals surface area contributed by atoms with Crippen LogP contribution in [-0.2, 0) is 0 Å². The fourth-order valence-electron chi connectivity index (χ4n) is 9.32. The summed E-state index contributed by atoms with van der Waals surface area (Å²) in [6.07, 6.45) is 2.14. The molecule has 0 aliphatic carbocycles. The summed E-state index contributed by atoms with van der Waals surface area (Å²) in [6.45, 7) is 0. The maximum absolute atomic E-state index is 15.7. The number of rotatable bonds is 4. The van der Waals surface area contributed by atoms with Crippen molar-refractivity contribution in [3.63, 3.8) is 0 Å². The molecule has 7 aromatic carbocycles. The van der Waals surface area contributed by atoms with Crippen LogP contribution in [-0.4, -0.2) is 30.1 Å². The number of aliphatic hydroxyl groups is 1. The Labute approximate surface area is 338 Å². The summed E-state index contributed by atoms with van der Waals surface area (Å²) < 4.78 is 4.49. The fourth-order valence-corrected chi connectivity index (χ4v) is 9.32. The lowest BCUT2D eigenvalue weighted by molar-refractivity contribution is 0.0893. The fraction of sp³-hybridized carbons (Fsp3) is 0.0192.